The van der Waals surface area contributed by atoms with Crippen molar-refractivity contribution in [3.05, 3.63) is 77.1 Å². The lowest BCUT2D eigenvalue weighted by atomic mass is 10.1. The van der Waals surface area contributed by atoms with Crippen LogP contribution in [0.25, 0.3) is 0 Å². The van der Waals surface area contributed by atoms with Crippen LogP contribution in [-0.4, -0.2) is 30.6 Å². The van der Waals surface area contributed by atoms with Gasteiger partial charge in [0, 0.05) is 0 Å². The van der Waals surface area contributed by atoms with Crippen LogP contribution in [0, 0.1) is 13.8 Å². The minimum atomic E-state index is 0.823. The largest absolute Gasteiger partial charge is 0.497 e. The predicted molar refractivity (Wildman–Crippen MR) is 123 cm³/mol. The highest BCUT2D eigenvalue weighted by Crippen LogP contribution is 2.25. The first-order valence-electron chi connectivity index (χ1n) is 9.79. The second kappa shape index (κ2) is 9.35. The fourth-order valence-corrected chi connectivity index (χ4v) is 3.07. The third kappa shape index (κ3) is 4.92. The summed E-state index contributed by atoms with van der Waals surface area (Å²) >= 11 is 0. The molecule has 0 amide bonds. The number of pyridine rings is 1. The quantitative estimate of drug-likeness (QED) is 0.476. The molecule has 0 spiro atoms. The van der Waals surface area contributed by atoms with Crippen molar-refractivity contribution >= 4 is 22.8 Å². The highest BCUT2D eigenvalue weighted by molar-refractivity contribution is 6.02. The van der Waals surface area contributed by atoms with Gasteiger partial charge in [-0.2, -0.15) is 0 Å². The molecule has 0 bridgehead atoms. The zero-order chi connectivity index (χ0) is 21.7. The third-order valence-corrected chi connectivity index (χ3v) is 4.87. The van der Waals surface area contributed by atoms with Crippen LogP contribution in [0.1, 0.15) is 36.4 Å². The van der Waals surface area contributed by atoms with Crippen molar-refractivity contribution in [3.63, 3.8) is 0 Å². The molecule has 0 aliphatic heterocycles. The lowest BCUT2D eigenvalue weighted by Gasteiger charge is -2.08. The van der Waals surface area contributed by atoms with Gasteiger partial charge in [0.1, 0.15) is 11.5 Å². The van der Waals surface area contributed by atoms with E-state index in [0.717, 1.165) is 56.8 Å². The van der Waals surface area contributed by atoms with E-state index in [1.54, 1.807) is 14.2 Å². The molecule has 0 aliphatic carbocycles. The Morgan fingerprint density at radius 2 is 1.13 bits per heavy atom. The summed E-state index contributed by atoms with van der Waals surface area (Å²) in [5.74, 6) is 1.65. The van der Waals surface area contributed by atoms with E-state index in [1.165, 1.54) is 0 Å². The summed E-state index contributed by atoms with van der Waals surface area (Å²) in [4.78, 5) is 14.3. The summed E-state index contributed by atoms with van der Waals surface area (Å²) in [5.41, 5.74) is 7.25. The van der Waals surface area contributed by atoms with E-state index in [2.05, 4.69) is 0 Å². The molecule has 0 N–H and O–H groups in total. The smallest absolute Gasteiger partial charge is 0.119 e. The van der Waals surface area contributed by atoms with E-state index in [9.17, 15) is 0 Å². The van der Waals surface area contributed by atoms with E-state index < -0.39 is 0 Å². The van der Waals surface area contributed by atoms with Gasteiger partial charge in [0.15, 0.2) is 0 Å². The zero-order valence-electron chi connectivity index (χ0n) is 18.4. The summed E-state index contributed by atoms with van der Waals surface area (Å²) in [6, 6.07) is 17.6. The molecule has 0 saturated heterocycles. The Kier molecular flexibility index (Phi) is 6.62. The second-order valence-electron chi connectivity index (χ2n) is 7.11. The average molecular weight is 402 g/mol. The molecule has 1 aromatic heterocycles. The van der Waals surface area contributed by atoms with Crippen molar-refractivity contribution in [2.24, 2.45) is 9.98 Å². The molecule has 0 atom stereocenters. The minimum absolute atomic E-state index is 0.823. The van der Waals surface area contributed by atoms with Gasteiger partial charge in [-0.1, -0.05) is 6.07 Å². The highest BCUT2D eigenvalue weighted by Gasteiger charge is 2.07. The van der Waals surface area contributed by atoms with Crippen LogP contribution in [-0.2, 0) is 0 Å². The van der Waals surface area contributed by atoms with Gasteiger partial charge in [0.2, 0.25) is 0 Å². The number of aryl methyl sites for hydroxylation is 2. The lowest BCUT2D eigenvalue weighted by molar-refractivity contribution is 0.414. The second-order valence-corrected chi connectivity index (χ2v) is 7.11. The lowest BCUT2D eigenvalue weighted by Crippen LogP contribution is -2.05. The van der Waals surface area contributed by atoms with E-state index in [1.807, 2.05) is 82.3 Å². The van der Waals surface area contributed by atoms with Gasteiger partial charge in [-0.3, -0.25) is 9.98 Å². The molecule has 1 heterocycles. The van der Waals surface area contributed by atoms with Crippen molar-refractivity contribution in [2.45, 2.75) is 27.7 Å². The van der Waals surface area contributed by atoms with E-state index >= 15 is 0 Å². The van der Waals surface area contributed by atoms with Crippen LogP contribution in [0.5, 0.6) is 11.5 Å². The Morgan fingerprint density at radius 1 is 0.700 bits per heavy atom. The van der Waals surface area contributed by atoms with Crippen molar-refractivity contribution in [1.82, 2.24) is 4.98 Å². The van der Waals surface area contributed by atoms with Gasteiger partial charge < -0.3 is 9.47 Å². The molecule has 0 saturated carbocycles. The van der Waals surface area contributed by atoms with E-state index in [4.69, 9.17) is 24.4 Å². The van der Waals surface area contributed by atoms with Crippen LogP contribution in [0.4, 0.5) is 11.4 Å². The summed E-state index contributed by atoms with van der Waals surface area (Å²) in [6.45, 7) is 7.98. The normalized spacial score (nSPS) is 12.1. The summed E-state index contributed by atoms with van der Waals surface area (Å²) in [5, 5.41) is 0. The first-order chi connectivity index (χ1) is 14.4. The van der Waals surface area contributed by atoms with Crippen LogP contribution in [0.3, 0.4) is 0 Å². The number of methoxy groups -OCH3 is 2. The van der Waals surface area contributed by atoms with Gasteiger partial charge in [0.25, 0.3) is 0 Å². The predicted octanol–water partition coefficient (Wildman–Crippen LogP) is 6.00. The first kappa shape index (κ1) is 21.2. The number of hydrogen-bond donors (Lipinski definition) is 0. The number of rotatable bonds is 6. The Labute approximate surface area is 178 Å². The Morgan fingerprint density at radius 3 is 1.50 bits per heavy atom. The monoisotopic (exact) mass is 401 g/mol. The number of ether oxygens (including phenoxy) is 2. The van der Waals surface area contributed by atoms with Crippen molar-refractivity contribution < 1.29 is 9.47 Å². The zero-order valence-corrected chi connectivity index (χ0v) is 18.4. The number of aromatic nitrogens is 1. The number of aliphatic imine (C=N–C) groups is 2. The molecule has 3 rings (SSSR count). The van der Waals surface area contributed by atoms with Crippen molar-refractivity contribution in [1.29, 1.82) is 0 Å². The Balaban J connectivity index is 1.90. The summed E-state index contributed by atoms with van der Waals surface area (Å²) < 4.78 is 10.5. The SMILES string of the molecule is COc1ccc(N=C(C)c2cccc(C(C)=Nc3ccc(OC)cc3C)n2)c(C)c1. The Hall–Kier alpha value is -3.47. The molecule has 0 fully saturated rings. The highest BCUT2D eigenvalue weighted by atomic mass is 16.5. The topological polar surface area (TPSA) is 56.1 Å². The van der Waals surface area contributed by atoms with Gasteiger partial charge >= 0.3 is 0 Å². The van der Waals surface area contributed by atoms with Gasteiger partial charge in [-0.15, -0.1) is 0 Å². The van der Waals surface area contributed by atoms with Crippen LogP contribution in [0.15, 0.2) is 64.6 Å². The average Bonchev–Trinajstić information content (AvgIpc) is 2.76. The maximum Gasteiger partial charge on any atom is 0.119 e. The number of benzene rings is 2. The first-order valence-corrected chi connectivity index (χ1v) is 9.79. The van der Waals surface area contributed by atoms with Crippen LogP contribution >= 0.6 is 0 Å². The molecule has 0 aliphatic rings. The molecule has 3 aromatic rings. The molecule has 5 nitrogen and oxygen atoms in total. The fraction of sp³-hybridized carbons (Fsp3) is 0.240. The maximum atomic E-state index is 5.27. The number of hydrogen-bond acceptors (Lipinski definition) is 5. The standard InChI is InChI=1S/C25H27N3O2/c1-16-14-20(29-5)10-12-22(16)26-18(3)24-8-7-9-25(28-24)19(4)27-23-13-11-21(30-6)15-17(23)2/h7-15H,1-6H3. The Bertz CT molecular complexity index is 1030. The summed E-state index contributed by atoms with van der Waals surface area (Å²) in [7, 11) is 3.32. The van der Waals surface area contributed by atoms with Crippen molar-refractivity contribution in [2.75, 3.05) is 14.2 Å². The van der Waals surface area contributed by atoms with Crippen LogP contribution in [0.2, 0.25) is 0 Å². The fourth-order valence-electron chi connectivity index (χ4n) is 3.07. The maximum absolute atomic E-state index is 5.27. The van der Waals surface area contributed by atoms with Gasteiger partial charge in [-0.05, 0) is 87.4 Å². The summed E-state index contributed by atoms with van der Waals surface area (Å²) in [6.07, 6.45) is 0. The molecule has 0 radical (unpaired) electrons. The van der Waals surface area contributed by atoms with E-state index in [-0.39, 0.29) is 0 Å². The minimum Gasteiger partial charge on any atom is -0.497 e. The number of nitrogens with zero attached hydrogens (tertiary/aromatic N) is 3. The molecule has 5 heteroatoms. The molecular formula is C25H27N3O2. The van der Waals surface area contributed by atoms with E-state index in [0.29, 0.717) is 0 Å². The molecular weight excluding hydrogens is 374 g/mol. The van der Waals surface area contributed by atoms with Crippen LogP contribution < -0.4 is 9.47 Å². The molecule has 0 unspecified atom stereocenters. The molecule has 30 heavy (non-hydrogen) atoms. The molecule has 2 aromatic carbocycles. The third-order valence-electron chi connectivity index (χ3n) is 4.87. The van der Waals surface area contributed by atoms with Crippen molar-refractivity contribution in [3.8, 4) is 11.5 Å². The van der Waals surface area contributed by atoms with Gasteiger partial charge in [-0.25, -0.2) is 4.98 Å². The molecule has 154 valence electrons. The van der Waals surface area contributed by atoms with Gasteiger partial charge in [0.05, 0.1) is 48.4 Å².